The maximum absolute atomic E-state index is 10.6. The molecule has 0 saturated carbocycles. The average molecular weight is 375 g/mol. The zero-order valence-corrected chi connectivity index (χ0v) is 15.9. The van der Waals surface area contributed by atoms with Crippen molar-refractivity contribution in [2.75, 3.05) is 18.0 Å². The lowest BCUT2D eigenvalue weighted by Crippen LogP contribution is -2.51. The average Bonchev–Trinajstić information content (AvgIpc) is 2.74. The Bertz CT molecular complexity index is 949. The first-order valence-electron chi connectivity index (χ1n) is 10.1. The Balaban J connectivity index is 1.36. The van der Waals surface area contributed by atoms with E-state index >= 15 is 0 Å². The van der Waals surface area contributed by atoms with E-state index in [-0.39, 0.29) is 17.8 Å². The zero-order valence-electron chi connectivity index (χ0n) is 15.9. The van der Waals surface area contributed by atoms with Crippen molar-refractivity contribution in [3.05, 3.63) is 66.5 Å². The van der Waals surface area contributed by atoms with Crippen LogP contribution in [0.15, 0.2) is 60.9 Å². The molecule has 5 nitrogen and oxygen atoms in total. The van der Waals surface area contributed by atoms with Gasteiger partial charge in [0.1, 0.15) is 5.82 Å². The van der Waals surface area contributed by atoms with Crippen molar-refractivity contribution in [2.24, 2.45) is 0 Å². The molecule has 2 aliphatic heterocycles. The molecule has 5 rings (SSSR count). The minimum Gasteiger partial charge on any atom is -0.393 e. The van der Waals surface area contributed by atoms with Crippen molar-refractivity contribution in [1.29, 1.82) is 0 Å². The van der Waals surface area contributed by atoms with Crippen molar-refractivity contribution < 1.29 is 9.84 Å². The second-order valence-corrected chi connectivity index (χ2v) is 7.99. The van der Waals surface area contributed by atoms with Crippen LogP contribution in [0.2, 0.25) is 0 Å². The molecule has 1 N–H and O–H groups in total. The third-order valence-corrected chi connectivity index (χ3v) is 6.14. The van der Waals surface area contributed by atoms with Gasteiger partial charge < -0.3 is 14.7 Å². The molecule has 2 saturated heterocycles. The van der Waals surface area contributed by atoms with Gasteiger partial charge >= 0.3 is 0 Å². The second kappa shape index (κ2) is 7.15. The Kier molecular flexibility index (Phi) is 4.49. The zero-order chi connectivity index (χ0) is 19.0. The number of ether oxygens (including phenoxy) is 1. The van der Waals surface area contributed by atoms with Gasteiger partial charge in [0.15, 0.2) is 0 Å². The first-order chi connectivity index (χ1) is 13.7. The number of hydrogen-bond donors (Lipinski definition) is 1. The molecule has 5 heteroatoms. The molecule has 1 aromatic carbocycles. The highest BCUT2D eigenvalue weighted by molar-refractivity contribution is 5.89. The molecule has 4 heterocycles. The molecular formula is C23H25N3O2. The highest BCUT2D eigenvalue weighted by atomic mass is 16.5. The lowest BCUT2D eigenvalue weighted by molar-refractivity contribution is -0.173. The molecule has 0 bridgehead atoms. The van der Waals surface area contributed by atoms with E-state index < -0.39 is 0 Å². The summed E-state index contributed by atoms with van der Waals surface area (Å²) in [4.78, 5) is 11.4. The number of aliphatic hydroxyl groups excluding tert-OH is 1. The van der Waals surface area contributed by atoms with E-state index in [1.165, 1.54) is 0 Å². The number of aromatic nitrogens is 2. The molecule has 2 aliphatic rings. The van der Waals surface area contributed by atoms with E-state index in [9.17, 15) is 5.11 Å². The van der Waals surface area contributed by atoms with Crippen LogP contribution >= 0.6 is 0 Å². The number of benzene rings is 1. The summed E-state index contributed by atoms with van der Waals surface area (Å²) in [6.45, 7) is 1.74. The van der Waals surface area contributed by atoms with E-state index in [0.717, 1.165) is 48.2 Å². The van der Waals surface area contributed by atoms with Gasteiger partial charge in [-0.15, -0.1) is 0 Å². The quantitative estimate of drug-likeness (QED) is 0.737. The monoisotopic (exact) mass is 375 g/mol. The molecule has 3 aromatic rings. The number of anilines is 1. The van der Waals surface area contributed by atoms with E-state index in [0.29, 0.717) is 12.8 Å². The van der Waals surface area contributed by atoms with Gasteiger partial charge in [-0.25, -0.2) is 4.98 Å². The van der Waals surface area contributed by atoms with Crippen LogP contribution in [0, 0.1) is 0 Å². The van der Waals surface area contributed by atoms with Gasteiger partial charge in [-0.3, -0.25) is 4.98 Å². The van der Waals surface area contributed by atoms with Gasteiger partial charge in [-0.05, 0) is 36.6 Å². The largest absolute Gasteiger partial charge is 0.393 e. The molecular weight excluding hydrogens is 350 g/mol. The predicted octanol–water partition coefficient (Wildman–Crippen LogP) is 3.88. The molecule has 28 heavy (non-hydrogen) atoms. The van der Waals surface area contributed by atoms with Crippen LogP contribution in [-0.2, 0) is 4.74 Å². The number of pyridine rings is 2. The summed E-state index contributed by atoms with van der Waals surface area (Å²) in [5, 5.41) is 11.7. The maximum atomic E-state index is 10.6. The van der Waals surface area contributed by atoms with Gasteiger partial charge in [0.25, 0.3) is 0 Å². The Morgan fingerprint density at radius 3 is 2.61 bits per heavy atom. The van der Waals surface area contributed by atoms with Crippen molar-refractivity contribution in [3.8, 4) is 0 Å². The highest BCUT2D eigenvalue weighted by Gasteiger charge is 2.44. The van der Waals surface area contributed by atoms with Crippen molar-refractivity contribution >= 4 is 16.7 Å². The molecule has 2 aromatic heterocycles. The standard InChI is InChI=1S/C23H25N3O2/c27-18-15-21(17-5-2-1-3-6-17)28-23(16-18)9-13-26(14-10-23)22-19-7-4-11-24-20(19)8-12-25-22/h1-8,11-12,18,21,27H,9-10,13-16H2/t18-,21+/m0/s1. The summed E-state index contributed by atoms with van der Waals surface area (Å²) in [7, 11) is 0. The first-order valence-corrected chi connectivity index (χ1v) is 10.1. The number of piperidine rings is 1. The van der Waals surface area contributed by atoms with Gasteiger partial charge in [0.2, 0.25) is 0 Å². The molecule has 2 fully saturated rings. The topological polar surface area (TPSA) is 58.5 Å². The Morgan fingerprint density at radius 2 is 1.79 bits per heavy atom. The second-order valence-electron chi connectivity index (χ2n) is 7.99. The Hall–Kier alpha value is -2.50. The fourth-order valence-corrected chi connectivity index (χ4v) is 4.72. The molecule has 144 valence electrons. The third kappa shape index (κ3) is 3.25. The molecule has 2 atom stereocenters. The number of aliphatic hydroxyl groups is 1. The summed E-state index contributed by atoms with van der Waals surface area (Å²) >= 11 is 0. The summed E-state index contributed by atoms with van der Waals surface area (Å²) in [6, 6.07) is 16.3. The van der Waals surface area contributed by atoms with Gasteiger partial charge in [0, 0.05) is 43.7 Å². The Labute approximate surface area is 165 Å². The number of rotatable bonds is 2. The van der Waals surface area contributed by atoms with Crippen LogP contribution in [0.5, 0.6) is 0 Å². The smallest absolute Gasteiger partial charge is 0.137 e. The molecule has 0 unspecified atom stereocenters. The number of nitrogens with zero attached hydrogens (tertiary/aromatic N) is 3. The van der Waals surface area contributed by atoms with Crippen LogP contribution in [0.25, 0.3) is 10.9 Å². The fourth-order valence-electron chi connectivity index (χ4n) is 4.72. The summed E-state index contributed by atoms with van der Waals surface area (Å²) < 4.78 is 6.62. The minimum atomic E-state index is -0.314. The third-order valence-electron chi connectivity index (χ3n) is 6.14. The van der Waals surface area contributed by atoms with Crippen molar-refractivity contribution in [2.45, 2.75) is 43.5 Å². The molecule has 0 radical (unpaired) electrons. The first kappa shape index (κ1) is 17.6. The molecule has 0 amide bonds. The SMILES string of the molecule is O[C@H]1C[C@H](c2ccccc2)OC2(CCN(c3nccc4ncccc34)CC2)C1. The van der Waals surface area contributed by atoms with Crippen LogP contribution in [0.3, 0.4) is 0 Å². The highest BCUT2D eigenvalue weighted by Crippen LogP contribution is 2.43. The maximum Gasteiger partial charge on any atom is 0.137 e. The van der Waals surface area contributed by atoms with E-state index in [1.807, 2.05) is 42.7 Å². The van der Waals surface area contributed by atoms with Crippen molar-refractivity contribution in [1.82, 2.24) is 9.97 Å². The van der Waals surface area contributed by atoms with Crippen molar-refractivity contribution in [3.63, 3.8) is 0 Å². The minimum absolute atomic E-state index is 0.0311. The van der Waals surface area contributed by atoms with Crippen LogP contribution < -0.4 is 4.90 Å². The summed E-state index contributed by atoms with van der Waals surface area (Å²) in [6.07, 6.45) is 6.49. The number of fused-ring (bicyclic) bond motifs is 1. The summed E-state index contributed by atoms with van der Waals surface area (Å²) in [5.74, 6) is 0.997. The van der Waals surface area contributed by atoms with Crippen LogP contribution in [-0.4, -0.2) is 39.9 Å². The van der Waals surface area contributed by atoms with E-state index in [4.69, 9.17) is 4.74 Å². The lowest BCUT2D eigenvalue weighted by Gasteiger charge is -2.48. The number of hydrogen-bond acceptors (Lipinski definition) is 5. The Morgan fingerprint density at radius 1 is 0.964 bits per heavy atom. The van der Waals surface area contributed by atoms with E-state index in [2.05, 4.69) is 33.1 Å². The summed E-state index contributed by atoms with van der Waals surface area (Å²) in [5.41, 5.74) is 1.88. The normalized spacial score (nSPS) is 24.5. The lowest BCUT2D eigenvalue weighted by atomic mass is 9.81. The predicted molar refractivity (Wildman–Crippen MR) is 109 cm³/mol. The van der Waals surface area contributed by atoms with E-state index in [1.54, 1.807) is 0 Å². The fraction of sp³-hybridized carbons (Fsp3) is 0.391. The van der Waals surface area contributed by atoms with Crippen LogP contribution in [0.4, 0.5) is 5.82 Å². The molecule has 1 spiro atoms. The van der Waals surface area contributed by atoms with Gasteiger partial charge in [0.05, 0.1) is 23.3 Å². The van der Waals surface area contributed by atoms with Gasteiger partial charge in [-0.2, -0.15) is 0 Å². The molecule has 0 aliphatic carbocycles. The van der Waals surface area contributed by atoms with Gasteiger partial charge in [-0.1, -0.05) is 30.3 Å². The van der Waals surface area contributed by atoms with Crippen LogP contribution in [0.1, 0.15) is 37.4 Å².